The number of phenolic OH excluding ortho intramolecular Hbond substituents is 1. The molecule has 1 aromatic carbocycles. The Hall–Kier alpha value is -1.79. The molecular formula is C23H31NO5. The number of phenols is 1. The molecule has 1 unspecified atom stereocenters. The first-order chi connectivity index (χ1) is 13.5. The molecule has 29 heavy (non-hydrogen) atoms. The number of hydrogen-bond donors (Lipinski definition) is 4. The van der Waals surface area contributed by atoms with Gasteiger partial charge >= 0.3 is 0 Å². The number of hydrogen-bond acceptors (Lipinski definition) is 5. The summed E-state index contributed by atoms with van der Waals surface area (Å²) in [6, 6.07) is 1.46. The van der Waals surface area contributed by atoms with Gasteiger partial charge in [0.05, 0.1) is 17.2 Å². The number of carbonyl (C=O) groups is 1. The SMILES string of the molecule is C[C@H]1CC[C@H]2C(C)(C)[C@@H](O)CC[C@]23Oc2c(c(O)cc4c2C(O)NC4=O)C[C@]13C. The lowest BCUT2D eigenvalue weighted by atomic mass is 9.43. The van der Waals surface area contributed by atoms with E-state index in [9.17, 15) is 20.1 Å². The standard InChI is InChI=1S/C23H31NO5/c1-11-5-6-15-21(2,3)16(26)7-8-23(15)22(11,4)10-13-14(25)9-12-17(18(13)29-23)20(28)24-19(12)27/h9,11,15-16,20,25-26,28H,5-8,10H2,1-4H3,(H,24,27)/t11-,15-,16-,20?,22+,23-/m0/s1. The predicted molar refractivity (Wildman–Crippen MR) is 107 cm³/mol. The maximum atomic E-state index is 12.3. The molecule has 5 rings (SSSR count). The van der Waals surface area contributed by atoms with Gasteiger partial charge in [0.2, 0.25) is 0 Å². The van der Waals surface area contributed by atoms with Crippen LogP contribution < -0.4 is 10.1 Å². The Bertz CT molecular complexity index is 911. The average molecular weight is 402 g/mol. The minimum absolute atomic E-state index is 0.0588. The Morgan fingerprint density at radius 1 is 1.17 bits per heavy atom. The van der Waals surface area contributed by atoms with E-state index in [1.165, 1.54) is 6.07 Å². The van der Waals surface area contributed by atoms with Gasteiger partial charge in [-0.15, -0.1) is 0 Å². The number of carbonyl (C=O) groups excluding carboxylic acids is 1. The van der Waals surface area contributed by atoms with Crippen LogP contribution in [0.15, 0.2) is 6.07 Å². The van der Waals surface area contributed by atoms with E-state index in [0.29, 0.717) is 35.6 Å². The summed E-state index contributed by atoms with van der Waals surface area (Å²) >= 11 is 0. The molecule has 0 radical (unpaired) electrons. The fourth-order valence-electron chi connectivity index (χ4n) is 7.01. The third-order valence-electron chi connectivity index (χ3n) is 9.06. The number of rotatable bonds is 0. The fraction of sp³-hybridized carbons (Fsp3) is 0.696. The van der Waals surface area contributed by atoms with Crippen molar-refractivity contribution in [3.05, 3.63) is 22.8 Å². The van der Waals surface area contributed by atoms with Crippen LogP contribution in [0.25, 0.3) is 0 Å². The predicted octanol–water partition coefficient (Wildman–Crippen LogP) is 3.03. The molecular weight excluding hydrogens is 370 g/mol. The van der Waals surface area contributed by atoms with Crippen LogP contribution in [-0.2, 0) is 6.42 Å². The molecule has 2 fully saturated rings. The highest BCUT2D eigenvalue weighted by atomic mass is 16.5. The van der Waals surface area contributed by atoms with E-state index in [-0.39, 0.29) is 34.2 Å². The number of benzene rings is 1. The van der Waals surface area contributed by atoms with Crippen LogP contribution in [0.2, 0.25) is 0 Å². The lowest BCUT2D eigenvalue weighted by molar-refractivity contribution is -0.234. The Morgan fingerprint density at radius 2 is 1.90 bits per heavy atom. The third kappa shape index (κ3) is 2.17. The summed E-state index contributed by atoms with van der Waals surface area (Å²) in [6.45, 7) is 8.78. The van der Waals surface area contributed by atoms with Gasteiger partial charge in [-0.2, -0.15) is 0 Å². The number of aliphatic hydroxyl groups excluding tert-OH is 2. The molecule has 6 atom stereocenters. The number of aliphatic hydroxyl groups is 2. The quantitative estimate of drug-likeness (QED) is 0.536. The summed E-state index contributed by atoms with van der Waals surface area (Å²) in [6.07, 6.45) is 2.51. The summed E-state index contributed by atoms with van der Waals surface area (Å²) in [4.78, 5) is 12.3. The zero-order valence-corrected chi connectivity index (χ0v) is 17.6. The van der Waals surface area contributed by atoms with Crippen molar-refractivity contribution in [2.24, 2.45) is 22.7 Å². The highest BCUT2D eigenvalue weighted by molar-refractivity contribution is 6.00. The summed E-state index contributed by atoms with van der Waals surface area (Å²) in [7, 11) is 0. The van der Waals surface area contributed by atoms with E-state index >= 15 is 0 Å². The van der Waals surface area contributed by atoms with Gasteiger partial charge in [0, 0.05) is 16.9 Å². The van der Waals surface area contributed by atoms with E-state index in [1.807, 2.05) is 0 Å². The monoisotopic (exact) mass is 401 g/mol. The van der Waals surface area contributed by atoms with Gasteiger partial charge in [-0.05, 0) is 49.5 Å². The first-order valence-corrected chi connectivity index (χ1v) is 10.8. The lowest BCUT2D eigenvalue weighted by Crippen LogP contribution is -2.70. The maximum absolute atomic E-state index is 12.3. The Kier molecular flexibility index (Phi) is 3.75. The smallest absolute Gasteiger partial charge is 0.254 e. The molecule has 1 aromatic rings. The fourth-order valence-corrected chi connectivity index (χ4v) is 7.01. The molecule has 0 saturated heterocycles. The average Bonchev–Trinajstić information content (AvgIpc) is 2.92. The molecule has 2 heterocycles. The molecule has 1 amide bonds. The highest BCUT2D eigenvalue weighted by Gasteiger charge is 2.68. The van der Waals surface area contributed by atoms with E-state index in [1.54, 1.807) is 0 Å². The highest BCUT2D eigenvalue weighted by Crippen LogP contribution is 2.67. The van der Waals surface area contributed by atoms with Gasteiger partial charge in [0.1, 0.15) is 17.1 Å². The Balaban J connectivity index is 1.75. The largest absolute Gasteiger partial charge is 0.508 e. The van der Waals surface area contributed by atoms with Crippen LogP contribution in [0.1, 0.15) is 81.1 Å². The first-order valence-electron chi connectivity index (χ1n) is 10.8. The lowest BCUT2D eigenvalue weighted by Gasteiger charge is -2.67. The number of fused-ring (bicyclic) bond motifs is 3. The molecule has 2 saturated carbocycles. The summed E-state index contributed by atoms with van der Waals surface area (Å²) < 4.78 is 6.90. The topological polar surface area (TPSA) is 99.0 Å². The summed E-state index contributed by atoms with van der Waals surface area (Å²) in [5, 5.41) is 34.6. The minimum atomic E-state index is -1.13. The van der Waals surface area contributed by atoms with Crippen LogP contribution in [0.3, 0.4) is 0 Å². The Labute approximate surface area is 171 Å². The van der Waals surface area contributed by atoms with Crippen molar-refractivity contribution in [2.45, 2.75) is 77.7 Å². The number of amides is 1. The van der Waals surface area contributed by atoms with Crippen molar-refractivity contribution in [1.82, 2.24) is 5.32 Å². The van der Waals surface area contributed by atoms with E-state index in [0.717, 1.165) is 19.3 Å². The second-order valence-electron chi connectivity index (χ2n) is 10.5. The number of aromatic hydroxyl groups is 1. The second-order valence-corrected chi connectivity index (χ2v) is 10.5. The summed E-state index contributed by atoms with van der Waals surface area (Å²) in [5.41, 5.74) is 0.387. The molecule has 0 aromatic heterocycles. The zero-order chi connectivity index (χ0) is 20.9. The van der Waals surface area contributed by atoms with Crippen molar-refractivity contribution in [2.75, 3.05) is 0 Å². The molecule has 6 nitrogen and oxygen atoms in total. The zero-order valence-electron chi connectivity index (χ0n) is 17.6. The molecule has 1 spiro atoms. The van der Waals surface area contributed by atoms with E-state index in [4.69, 9.17) is 4.74 Å². The number of nitrogens with one attached hydrogen (secondary N) is 1. The van der Waals surface area contributed by atoms with Crippen molar-refractivity contribution < 1.29 is 24.9 Å². The minimum Gasteiger partial charge on any atom is -0.508 e. The van der Waals surface area contributed by atoms with Crippen molar-refractivity contribution in [1.29, 1.82) is 0 Å². The third-order valence-corrected chi connectivity index (χ3v) is 9.06. The Morgan fingerprint density at radius 3 is 2.62 bits per heavy atom. The molecule has 4 aliphatic rings. The maximum Gasteiger partial charge on any atom is 0.254 e. The molecule has 6 heteroatoms. The van der Waals surface area contributed by atoms with Crippen LogP contribution in [0.5, 0.6) is 11.5 Å². The summed E-state index contributed by atoms with van der Waals surface area (Å²) in [5.74, 6) is 0.662. The van der Waals surface area contributed by atoms with Crippen molar-refractivity contribution in [3.8, 4) is 11.5 Å². The van der Waals surface area contributed by atoms with Gasteiger partial charge in [-0.1, -0.05) is 27.7 Å². The number of ether oxygens (including phenoxy) is 1. The van der Waals surface area contributed by atoms with Crippen LogP contribution in [0, 0.1) is 22.7 Å². The van der Waals surface area contributed by atoms with E-state index in [2.05, 4.69) is 33.0 Å². The second kappa shape index (κ2) is 5.67. The van der Waals surface area contributed by atoms with Gasteiger partial charge in [-0.25, -0.2) is 0 Å². The van der Waals surface area contributed by atoms with Crippen molar-refractivity contribution >= 4 is 5.91 Å². The van der Waals surface area contributed by atoms with Gasteiger partial charge in [0.25, 0.3) is 5.91 Å². The normalized spacial score (nSPS) is 42.1. The molecule has 2 aliphatic heterocycles. The molecule has 158 valence electrons. The first kappa shape index (κ1) is 19.2. The molecule has 4 N–H and O–H groups in total. The van der Waals surface area contributed by atoms with Crippen LogP contribution >= 0.6 is 0 Å². The van der Waals surface area contributed by atoms with Crippen LogP contribution in [0.4, 0.5) is 0 Å². The van der Waals surface area contributed by atoms with Gasteiger partial charge in [-0.3, -0.25) is 4.79 Å². The van der Waals surface area contributed by atoms with Gasteiger partial charge < -0.3 is 25.4 Å². The van der Waals surface area contributed by atoms with Crippen molar-refractivity contribution in [3.63, 3.8) is 0 Å². The van der Waals surface area contributed by atoms with Gasteiger partial charge in [0.15, 0.2) is 6.23 Å². The van der Waals surface area contributed by atoms with E-state index < -0.39 is 17.7 Å². The van der Waals surface area contributed by atoms with Crippen LogP contribution in [-0.4, -0.2) is 32.9 Å². The molecule has 2 aliphatic carbocycles. The molecule has 0 bridgehead atoms.